The number of hydrogen-bond acceptors (Lipinski definition) is 5. The minimum absolute atomic E-state index is 0.134. The molecule has 3 heterocycles. The van der Waals surface area contributed by atoms with Gasteiger partial charge >= 0.3 is 6.03 Å². The van der Waals surface area contributed by atoms with Gasteiger partial charge in [-0.05, 0) is 25.1 Å². The molecule has 7 heteroatoms. The summed E-state index contributed by atoms with van der Waals surface area (Å²) in [4.78, 5) is 21.0. The van der Waals surface area contributed by atoms with E-state index < -0.39 is 0 Å². The average molecular weight is 333 g/mol. The van der Waals surface area contributed by atoms with Crippen LogP contribution in [0.25, 0.3) is 0 Å². The Bertz CT molecular complexity index is 522. The molecule has 1 atom stereocenters. The van der Waals surface area contributed by atoms with E-state index in [1.54, 1.807) is 0 Å². The summed E-state index contributed by atoms with van der Waals surface area (Å²) in [5.41, 5.74) is 1.01. The first-order valence-electron chi connectivity index (χ1n) is 8.68. The Labute approximate surface area is 143 Å². The lowest BCUT2D eigenvalue weighted by molar-refractivity contribution is 0.185. The maximum atomic E-state index is 11.8. The lowest BCUT2D eigenvalue weighted by Gasteiger charge is -2.33. The van der Waals surface area contributed by atoms with Crippen LogP contribution in [-0.2, 0) is 11.3 Å². The Hall–Kier alpha value is -1.86. The number of carbonyl (C=O) groups is 1. The van der Waals surface area contributed by atoms with E-state index in [0.717, 1.165) is 57.2 Å². The fraction of sp³-hybridized carbons (Fsp3) is 0.647. The average Bonchev–Trinajstić information content (AvgIpc) is 3.13. The van der Waals surface area contributed by atoms with Gasteiger partial charge < -0.3 is 25.2 Å². The molecule has 2 N–H and O–H groups in total. The summed E-state index contributed by atoms with van der Waals surface area (Å²) in [6.07, 6.45) is 2.87. The molecule has 132 valence electrons. The fourth-order valence-corrected chi connectivity index (χ4v) is 2.97. The predicted octanol–water partition coefficient (Wildman–Crippen LogP) is 0.669. The van der Waals surface area contributed by atoms with Gasteiger partial charge in [-0.3, -0.25) is 0 Å². The number of anilines is 1. The van der Waals surface area contributed by atoms with Gasteiger partial charge in [-0.2, -0.15) is 0 Å². The number of likely N-dealkylation sites (N-methyl/N-ethyl adjacent to an activating group) is 1. The molecule has 0 unspecified atom stereocenters. The highest BCUT2D eigenvalue weighted by atomic mass is 16.5. The van der Waals surface area contributed by atoms with Crippen molar-refractivity contribution in [1.82, 2.24) is 20.5 Å². The van der Waals surface area contributed by atoms with Crippen LogP contribution in [0.2, 0.25) is 0 Å². The predicted molar refractivity (Wildman–Crippen MR) is 93.1 cm³/mol. The summed E-state index contributed by atoms with van der Waals surface area (Å²) in [7, 11) is 2.14. The molecule has 0 aliphatic carbocycles. The highest BCUT2D eigenvalue weighted by Crippen LogP contribution is 2.13. The SMILES string of the molecule is CN1CCN(c2ccc(CNC(=O)NC[C@@H]3CCOC3)cn2)CC1. The number of hydrogen-bond donors (Lipinski definition) is 2. The number of ether oxygens (including phenoxy) is 1. The second kappa shape index (κ2) is 8.30. The molecule has 1 aromatic heterocycles. The Balaban J connectivity index is 1.40. The standard InChI is InChI=1S/C17H27N5O2/c1-21-5-7-22(8-6-21)16-3-2-14(10-18-16)11-19-17(23)20-12-15-4-9-24-13-15/h2-3,10,15H,4-9,11-13H2,1H3,(H2,19,20,23)/t15-/m0/s1. The number of amides is 2. The van der Waals surface area contributed by atoms with Crippen LogP contribution in [0, 0.1) is 5.92 Å². The van der Waals surface area contributed by atoms with Crippen molar-refractivity contribution in [3.05, 3.63) is 23.9 Å². The Morgan fingerprint density at radius 3 is 2.79 bits per heavy atom. The first kappa shape index (κ1) is 17.0. The van der Waals surface area contributed by atoms with E-state index in [0.29, 0.717) is 19.0 Å². The van der Waals surface area contributed by atoms with Crippen LogP contribution in [0.15, 0.2) is 18.3 Å². The van der Waals surface area contributed by atoms with Gasteiger partial charge in [0, 0.05) is 58.0 Å². The minimum atomic E-state index is -0.134. The molecule has 0 radical (unpaired) electrons. The number of aromatic nitrogens is 1. The van der Waals surface area contributed by atoms with Crippen LogP contribution in [0.4, 0.5) is 10.6 Å². The molecule has 24 heavy (non-hydrogen) atoms. The van der Waals surface area contributed by atoms with Crippen molar-refractivity contribution >= 4 is 11.8 Å². The zero-order valence-electron chi connectivity index (χ0n) is 14.3. The van der Waals surface area contributed by atoms with E-state index in [1.807, 2.05) is 18.3 Å². The largest absolute Gasteiger partial charge is 0.381 e. The summed E-state index contributed by atoms with van der Waals surface area (Å²) in [6.45, 7) is 6.86. The molecule has 2 saturated heterocycles. The van der Waals surface area contributed by atoms with Gasteiger partial charge in [0.2, 0.25) is 0 Å². The number of rotatable bonds is 5. The van der Waals surface area contributed by atoms with E-state index >= 15 is 0 Å². The quantitative estimate of drug-likeness (QED) is 0.829. The molecular weight excluding hydrogens is 306 g/mol. The van der Waals surface area contributed by atoms with E-state index in [4.69, 9.17) is 4.74 Å². The van der Waals surface area contributed by atoms with E-state index in [9.17, 15) is 4.79 Å². The summed E-state index contributed by atoms with van der Waals surface area (Å²) < 4.78 is 5.30. The van der Waals surface area contributed by atoms with Gasteiger partial charge in [0.1, 0.15) is 5.82 Å². The fourth-order valence-electron chi connectivity index (χ4n) is 2.97. The number of urea groups is 1. The summed E-state index contributed by atoms with van der Waals surface area (Å²) in [6, 6.07) is 3.94. The third-order valence-electron chi connectivity index (χ3n) is 4.66. The molecule has 2 amide bonds. The minimum Gasteiger partial charge on any atom is -0.381 e. The van der Waals surface area contributed by atoms with E-state index in [1.165, 1.54) is 0 Å². The molecule has 3 rings (SSSR count). The lowest BCUT2D eigenvalue weighted by Crippen LogP contribution is -2.44. The number of pyridine rings is 1. The maximum Gasteiger partial charge on any atom is 0.315 e. The zero-order valence-corrected chi connectivity index (χ0v) is 14.3. The molecule has 0 bridgehead atoms. The smallest absolute Gasteiger partial charge is 0.315 e. The molecule has 7 nitrogen and oxygen atoms in total. The highest BCUT2D eigenvalue weighted by molar-refractivity contribution is 5.73. The molecule has 0 saturated carbocycles. The van der Waals surface area contributed by atoms with Gasteiger partial charge in [-0.15, -0.1) is 0 Å². The maximum absolute atomic E-state index is 11.8. The first-order chi connectivity index (χ1) is 11.7. The van der Waals surface area contributed by atoms with Crippen molar-refractivity contribution in [1.29, 1.82) is 0 Å². The third kappa shape index (κ3) is 4.82. The van der Waals surface area contributed by atoms with Gasteiger partial charge in [0.25, 0.3) is 0 Å². The normalized spacial score (nSPS) is 21.7. The molecular formula is C17H27N5O2. The first-order valence-corrected chi connectivity index (χ1v) is 8.68. The number of carbonyl (C=O) groups excluding carboxylic acids is 1. The molecule has 0 aromatic carbocycles. The number of piperazine rings is 1. The van der Waals surface area contributed by atoms with Gasteiger partial charge in [0.05, 0.1) is 6.61 Å². The topological polar surface area (TPSA) is 69.7 Å². The van der Waals surface area contributed by atoms with Gasteiger partial charge in [-0.1, -0.05) is 6.07 Å². The van der Waals surface area contributed by atoms with Crippen molar-refractivity contribution in [3.8, 4) is 0 Å². The molecule has 2 aliphatic rings. The van der Waals surface area contributed by atoms with Crippen LogP contribution < -0.4 is 15.5 Å². The van der Waals surface area contributed by atoms with Crippen molar-refractivity contribution in [2.45, 2.75) is 13.0 Å². The van der Waals surface area contributed by atoms with Crippen LogP contribution in [0.5, 0.6) is 0 Å². The Morgan fingerprint density at radius 1 is 1.29 bits per heavy atom. The summed E-state index contributed by atoms with van der Waals surface area (Å²) in [5, 5.41) is 5.78. The third-order valence-corrected chi connectivity index (χ3v) is 4.66. The van der Waals surface area contributed by atoms with Crippen molar-refractivity contribution in [2.75, 3.05) is 57.9 Å². The second-order valence-electron chi connectivity index (χ2n) is 6.61. The van der Waals surface area contributed by atoms with Gasteiger partial charge in [-0.25, -0.2) is 9.78 Å². The van der Waals surface area contributed by atoms with Crippen LogP contribution in [0.3, 0.4) is 0 Å². The van der Waals surface area contributed by atoms with Crippen LogP contribution in [0.1, 0.15) is 12.0 Å². The van der Waals surface area contributed by atoms with Crippen LogP contribution >= 0.6 is 0 Å². The van der Waals surface area contributed by atoms with Crippen molar-refractivity contribution < 1.29 is 9.53 Å². The molecule has 2 aliphatic heterocycles. The lowest BCUT2D eigenvalue weighted by atomic mass is 10.1. The zero-order chi connectivity index (χ0) is 16.8. The highest BCUT2D eigenvalue weighted by Gasteiger charge is 2.16. The van der Waals surface area contributed by atoms with Gasteiger partial charge in [0.15, 0.2) is 0 Å². The Kier molecular flexibility index (Phi) is 5.87. The van der Waals surface area contributed by atoms with Crippen molar-refractivity contribution in [3.63, 3.8) is 0 Å². The second-order valence-corrected chi connectivity index (χ2v) is 6.61. The summed E-state index contributed by atoms with van der Waals surface area (Å²) >= 11 is 0. The molecule has 2 fully saturated rings. The molecule has 1 aromatic rings. The number of nitrogens with one attached hydrogen (secondary N) is 2. The van der Waals surface area contributed by atoms with Crippen LogP contribution in [-0.4, -0.2) is 68.9 Å². The van der Waals surface area contributed by atoms with Crippen molar-refractivity contribution in [2.24, 2.45) is 5.92 Å². The Morgan fingerprint density at radius 2 is 2.12 bits per heavy atom. The number of nitrogens with zero attached hydrogens (tertiary/aromatic N) is 3. The monoisotopic (exact) mass is 333 g/mol. The van der Waals surface area contributed by atoms with E-state index in [2.05, 4.69) is 32.5 Å². The van der Waals surface area contributed by atoms with E-state index in [-0.39, 0.29) is 6.03 Å². The molecule has 0 spiro atoms. The summed E-state index contributed by atoms with van der Waals surface area (Å²) in [5.74, 6) is 1.46.